The number of rotatable bonds is 7. The number of benzene rings is 2. The quantitative estimate of drug-likeness (QED) is 0.768. The molecule has 0 bridgehead atoms. The van der Waals surface area contributed by atoms with Crippen molar-refractivity contribution in [2.24, 2.45) is 0 Å². The molecule has 1 aliphatic rings. The van der Waals surface area contributed by atoms with Crippen LogP contribution >= 0.6 is 11.8 Å². The fourth-order valence-electron chi connectivity index (χ4n) is 2.64. The SMILES string of the molecule is O=C(CSCC(=O)N1CCOCC1)Nc1ccccc1Oc1cccc(F)c1. The third-order valence-corrected chi connectivity index (χ3v) is 4.92. The molecule has 2 aromatic carbocycles. The predicted octanol–water partition coefficient (Wildman–Crippen LogP) is 3.15. The number of hydrogen-bond donors (Lipinski definition) is 1. The van der Waals surface area contributed by atoms with Crippen molar-refractivity contribution in [3.63, 3.8) is 0 Å². The van der Waals surface area contributed by atoms with Gasteiger partial charge in [-0.05, 0) is 24.3 Å². The molecule has 0 aromatic heterocycles. The fraction of sp³-hybridized carbons (Fsp3) is 0.300. The fourth-order valence-corrected chi connectivity index (χ4v) is 3.35. The van der Waals surface area contributed by atoms with Crippen LogP contribution in [0.3, 0.4) is 0 Å². The molecule has 0 radical (unpaired) electrons. The zero-order chi connectivity index (χ0) is 19.8. The summed E-state index contributed by atoms with van der Waals surface area (Å²) in [5.41, 5.74) is 0.483. The molecule has 148 valence electrons. The highest BCUT2D eigenvalue weighted by Crippen LogP contribution is 2.29. The summed E-state index contributed by atoms with van der Waals surface area (Å²) >= 11 is 1.26. The molecule has 2 aromatic rings. The minimum Gasteiger partial charge on any atom is -0.455 e. The van der Waals surface area contributed by atoms with Gasteiger partial charge in [-0.15, -0.1) is 11.8 Å². The molecule has 8 heteroatoms. The molecule has 0 unspecified atom stereocenters. The zero-order valence-corrected chi connectivity index (χ0v) is 16.0. The van der Waals surface area contributed by atoms with Crippen LogP contribution in [0.2, 0.25) is 0 Å². The second-order valence-electron chi connectivity index (χ2n) is 6.09. The number of hydrogen-bond acceptors (Lipinski definition) is 5. The molecule has 1 fully saturated rings. The van der Waals surface area contributed by atoms with Gasteiger partial charge in [-0.3, -0.25) is 9.59 Å². The Kier molecular flexibility index (Phi) is 7.27. The first-order valence-electron chi connectivity index (χ1n) is 8.87. The van der Waals surface area contributed by atoms with Gasteiger partial charge >= 0.3 is 0 Å². The average molecular weight is 404 g/mol. The van der Waals surface area contributed by atoms with E-state index in [2.05, 4.69) is 5.32 Å². The van der Waals surface area contributed by atoms with Crippen LogP contribution in [0.4, 0.5) is 10.1 Å². The Hall–Kier alpha value is -2.58. The van der Waals surface area contributed by atoms with E-state index in [0.29, 0.717) is 43.5 Å². The molecule has 0 aliphatic carbocycles. The monoisotopic (exact) mass is 404 g/mol. The van der Waals surface area contributed by atoms with Gasteiger partial charge in [-0.2, -0.15) is 0 Å². The van der Waals surface area contributed by atoms with Crippen LogP contribution in [0.15, 0.2) is 48.5 Å². The largest absolute Gasteiger partial charge is 0.455 e. The first kappa shape index (κ1) is 20.2. The van der Waals surface area contributed by atoms with Crippen molar-refractivity contribution in [1.82, 2.24) is 4.90 Å². The highest BCUT2D eigenvalue weighted by Gasteiger charge is 2.17. The van der Waals surface area contributed by atoms with E-state index in [0.717, 1.165) is 0 Å². The van der Waals surface area contributed by atoms with Crippen LogP contribution in [-0.4, -0.2) is 54.5 Å². The van der Waals surface area contributed by atoms with Crippen LogP contribution in [0.25, 0.3) is 0 Å². The third kappa shape index (κ3) is 5.97. The lowest BCUT2D eigenvalue weighted by atomic mass is 10.3. The minimum absolute atomic E-state index is 0.0101. The van der Waals surface area contributed by atoms with Gasteiger partial charge in [0.25, 0.3) is 0 Å². The Labute approximate surface area is 167 Å². The molecule has 1 heterocycles. The van der Waals surface area contributed by atoms with Gasteiger partial charge < -0.3 is 19.7 Å². The number of nitrogens with one attached hydrogen (secondary N) is 1. The number of para-hydroxylation sites is 2. The molecular formula is C20H21FN2O4S. The van der Waals surface area contributed by atoms with Crippen molar-refractivity contribution in [3.05, 3.63) is 54.3 Å². The van der Waals surface area contributed by atoms with E-state index in [-0.39, 0.29) is 23.3 Å². The van der Waals surface area contributed by atoms with Gasteiger partial charge in [0.2, 0.25) is 11.8 Å². The Morgan fingerprint density at radius 2 is 1.89 bits per heavy atom. The second kappa shape index (κ2) is 10.1. The summed E-state index contributed by atoms with van der Waals surface area (Å²) in [5.74, 6) is 0.508. The Bertz CT molecular complexity index is 827. The number of halogens is 1. The van der Waals surface area contributed by atoms with Crippen molar-refractivity contribution in [3.8, 4) is 11.5 Å². The summed E-state index contributed by atoms with van der Waals surface area (Å²) in [4.78, 5) is 26.1. The maximum absolute atomic E-state index is 13.3. The van der Waals surface area contributed by atoms with Crippen molar-refractivity contribution in [2.75, 3.05) is 43.1 Å². The van der Waals surface area contributed by atoms with Gasteiger partial charge in [-0.25, -0.2) is 4.39 Å². The molecule has 1 saturated heterocycles. The summed E-state index contributed by atoms with van der Waals surface area (Å²) in [6, 6.07) is 12.7. The zero-order valence-electron chi connectivity index (χ0n) is 15.2. The van der Waals surface area contributed by atoms with E-state index in [1.165, 1.54) is 23.9 Å². The lowest BCUT2D eigenvalue weighted by molar-refractivity contribution is -0.132. The Balaban J connectivity index is 1.50. The number of nitrogens with zero attached hydrogens (tertiary/aromatic N) is 1. The predicted molar refractivity (Wildman–Crippen MR) is 106 cm³/mol. The maximum Gasteiger partial charge on any atom is 0.234 e. The van der Waals surface area contributed by atoms with Gasteiger partial charge in [0.1, 0.15) is 11.6 Å². The second-order valence-corrected chi connectivity index (χ2v) is 7.08. The van der Waals surface area contributed by atoms with E-state index in [1.54, 1.807) is 41.3 Å². The topological polar surface area (TPSA) is 67.9 Å². The van der Waals surface area contributed by atoms with Crippen LogP contribution in [-0.2, 0) is 14.3 Å². The van der Waals surface area contributed by atoms with E-state index >= 15 is 0 Å². The normalized spacial score (nSPS) is 13.8. The van der Waals surface area contributed by atoms with E-state index in [9.17, 15) is 14.0 Å². The van der Waals surface area contributed by atoms with Crippen molar-refractivity contribution in [2.45, 2.75) is 0 Å². The van der Waals surface area contributed by atoms with Crippen molar-refractivity contribution in [1.29, 1.82) is 0 Å². The molecular weight excluding hydrogens is 383 g/mol. The minimum atomic E-state index is -0.402. The number of morpholine rings is 1. The molecule has 3 rings (SSSR count). The average Bonchev–Trinajstić information content (AvgIpc) is 2.70. The number of ether oxygens (including phenoxy) is 2. The first-order valence-corrected chi connectivity index (χ1v) is 10.0. The smallest absolute Gasteiger partial charge is 0.234 e. The highest BCUT2D eigenvalue weighted by molar-refractivity contribution is 8.00. The Morgan fingerprint density at radius 1 is 1.11 bits per heavy atom. The number of carbonyl (C=O) groups excluding carboxylic acids is 2. The lowest BCUT2D eigenvalue weighted by Gasteiger charge is -2.26. The summed E-state index contributed by atoms with van der Waals surface area (Å²) in [5, 5.41) is 2.78. The van der Waals surface area contributed by atoms with Crippen molar-refractivity contribution < 1.29 is 23.5 Å². The third-order valence-electron chi connectivity index (χ3n) is 4.01. The number of thioether (sulfide) groups is 1. The van der Waals surface area contributed by atoms with Gasteiger partial charge in [-0.1, -0.05) is 18.2 Å². The molecule has 0 atom stereocenters. The van der Waals surface area contributed by atoms with Crippen LogP contribution in [0.1, 0.15) is 0 Å². The molecule has 0 saturated carbocycles. The van der Waals surface area contributed by atoms with E-state index in [4.69, 9.17) is 9.47 Å². The highest BCUT2D eigenvalue weighted by atomic mass is 32.2. The summed E-state index contributed by atoms with van der Waals surface area (Å²) < 4.78 is 24.2. The van der Waals surface area contributed by atoms with Crippen LogP contribution in [0.5, 0.6) is 11.5 Å². The maximum atomic E-state index is 13.3. The standard InChI is InChI=1S/C20H21FN2O4S/c21-15-4-3-5-16(12-15)27-18-7-2-1-6-17(18)22-19(24)13-28-14-20(25)23-8-10-26-11-9-23/h1-7,12H,8-11,13-14H2,(H,22,24). The summed E-state index contributed by atoms with van der Waals surface area (Å²) in [6.07, 6.45) is 0. The lowest BCUT2D eigenvalue weighted by Crippen LogP contribution is -2.41. The molecule has 28 heavy (non-hydrogen) atoms. The van der Waals surface area contributed by atoms with Gasteiger partial charge in [0, 0.05) is 19.2 Å². The molecule has 0 spiro atoms. The van der Waals surface area contributed by atoms with E-state index in [1.807, 2.05) is 0 Å². The number of anilines is 1. The first-order chi connectivity index (χ1) is 13.6. The van der Waals surface area contributed by atoms with Crippen LogP contribution in [0, 0.1) is 5.82 Å². The molecule has 2 amide bonds. The Morgan fingerprint density at radius 3 is 2.68 bits per heavy atom. The number of carbonyl (C=O) groups is 2. The van der Waals surface area contributed by atoms with Crippen molar-refractivity contribution >= 4 is 29.3 Å². The molecule has 1 aliphatic heterocycles. The summed E-state index contributed by atoms with van der Waals surface area (Å²) in [6.45, 7) is 2.30. The van der Waals surface area contributed by atoms with E-state index < -0.39 is 5.82 Å². The van der Waals surface area contributed by atoms with Gasteiger partial charge in [0.15, 0.2) is 5.75 Å². The van der Waals surface area contributed by atoms with Gasteiger partial charge in [0.05, 0.1) is 30.4 Å². The molecule has 1 N–H and O–H groups in total. The van der Waals surface area contributed by atoms with Crippen LogP contribution < -0.4 is 10.1 Å². The summed E-state index contributed by atoms with van der Waals surface area (Å²) in [7, 11) is 0. The number of amides is 2. The molecule has 6 nitrogen and oxygen atoms in total.